The first-order chi connectivity index (χ1) is 10.1. The first-order valence-electron chi connectivity index (χ1n) is 7.63. The Morgan fingerprint density at radius 3 is 2.76 bits per heavy atom. The zero-order valence-electron chi connectivity index (χ0n) is 12.9. The van der Waals surface area contributed by atoms with Gasteiger partial charge in [0.2, 0.25) is 0 Å². The van der Waals surface area contributed by atoms with Crippen LogP contribution in [-0.2, 0) is 0 Å². The fraction of sp³-hybridized carbons (Fsp3) is 0.562. The molecule has 116 valence electrons. The summed E-state index contributed by atoms with van der Waals surface area (Å²) in [4.78, 5) is 16.8. The SMILES string of the molecule is CCNc1ccc(Cl)cc1C(=O)N(C)CCN1CCCC1. The minimum absolute atomic E-state index is 0.0210. The predicted octanol–water partition coefficient (Wildman–Crippen LogP) is 2.94. The van der Waals surface area contributed by atoms with E-state index in [9.17, 15) is 4.79 Å². The molecule has 1 aromatic carbocycles. The van der Waals surface area contributed by atoms with Gasteiger partial charge in [-0.3, -0.25) is 4.79 Å². The summed E-state index contributed by atoms with van der Waals surface area (Å²) in [5.41, 5.74) is 1.49. The molecule has 1 fully saturated rings. The van der Waals surface area contributed by atoms with Crippen molar-refractivity contribution in [2.24, 2.45) is 0 Å². The number of nitrogens with one attached hydrogen (secondary N) is 1. The third-order valence-corrected chi connectivity index (χ3v) is 4.11. The monoisotopic (exact) mass is 309 g/mol. The standard InChI is InChI=1S/C16H24ClN3O/c1-3-18-15-7-6-13(17)12-14(15)16(21)19(2)10-11-20-8-4-5-9-20/h6-7,12,18H,3-5,8-11H2,1-2H3. The molecule has 0 unspecified atom stereocenters. The normalized spacial score (nSPS) is 15.2. The number of hydrogen-bond donors (Lipinski definition) is 1. The van der Waals surface area contributed by atoms with Crippen LogP contribution in [0, 0.1) is 0 Å². The average molecular weight is 310 g/mol. The lowest BCUT2D eigenvalue weighted by Crippen LogP contribution is -2.35. The minimum atomic E-state index is 0.0210. The lowest BCUT2D eigenvalue weighted by atomic mass is 10.1. The van der Waals surface area contributed by atoms with Crippen molar-refractivity contribution in [3.8, 4) is 0 Å². The second-order valence-electron chi connectivity index (χ2n) is 5.50. The van der Waals surface area contributed by atoms with Crippen molar-refractivity contribution in [2.45, 2.75) is 19.8 Å². The summed E-state index contributed by atoms with van der Waals surface area (Å²) in [7, 11) is 1.86. The number of likely N-dealkylation sites (N-methyl/N-ethyl adjacent to an activating group) is 1. The molecular weight excluding hydrogens is 286 g/mol. The van der Waals surface area contributed by atoms with Gasteiger partial charge in [-0.05, 0) is 51.1 Å². The number of halogens is 1. The Morgan fingerprint density at radius 2 is 2.10 bits per heavy atom. The van der Waals surface area contributed by atoms with E-state index in [1.165, 1.54) is 12.8 Å². The van der Waals surface area contributed by atoms with Crippen LogP contribution in [0.25, 0.3) is 0 Å². The number of carbonyl (C=O) groups is 1. The summed E-state index contributed by atoms with van der Waals surface area (Å²) < 4.78 is 0. The van der Waals surface area contributed by atoms with E-state index >= 15 is 0 Å². The number of amides is 1. The molecule has 5 heteroatoms. The molecule has 1 aromatic rings. The number of hydrogen-bond acceptors (Lipinski definition) is 3. The molecule has 1 saturated heterocycles. The first kappa shape index (κ1) is 16.1. The fourth-order valence-electron chi connectivity index (χ4n) is 2.64. The van der Waals surface area contributed by atoms with Crippen LogP contribution in [0.5, 0.6) is 0 Å². The van der Waals surface area contributed by atoms with Crippen LogP contribution < -0.4 is 5.32 Å². The van der Waals surface area contributed by atoms with E-state index in [0.717, 1.165) is 38.4 Å². The van der Waals surface area contributed by atoms with Gasteiger partial charge >= 0.3 is 0 Å². The van der Waals surface area contributed by atoms with E-state index < -0.39 is 0 Å². The molecule has 1 amide bonds. The molecule has 0 bridgehead atoms. The molecular formula is C16H24ClN3O. The van der Waals surface area contributed by atoms with Gasteiger partial charge in [0.15, 0.2) is 0 Å². The van der Waals surface area contributed by atoms with Gasteiger partial charge < -0.3 is 15.1 Å². The molecule has 0 aliphatic carbocycles. The molecule has 0 aromatic heterocycles. The number of likely N-dealkylation sites (tertiary alicyclic amines) is 1. The van der Waals surface area contributed by atoms with Crippen molar-refractivity contribution >= 4 is 23.2 Å². The van der Waals surface area contributed by atoms with E-state index in [-0.39, 0.29) is 5.91 Å². The summed E-state index contributed by atoms with van der Waals surface area (Å²) >= 11 is 6.04. The van der Waals surface area contributed by atoms with E-state index in [2.05, 4.69) is 10.2 Å². The van der Waals surface area contributed by atoms with Crippen LogP contribution in [0.15, 0.2) is 18.2 Å². The fourth-order valence-corrected chi connectivity index (χ4v) is 2.81. The summed E-state index contributed by atoms with van der Waals surface area (Å²) in [5, 5.41) is 3.81. The third kappa shape index (κ3) is 4.35. The predicted molar refractivity (Wildman–Crippen MR) is 88.3 cm³/mol. The van der Waals surface area contributed by atoms with Crippen LogP contribution >= 0.6 is 11.6 Å². The van der Waals surface area contributed by atoms with Gasteiger partial charge in [0.1, 0.15) is 0 Å². The summed E-state index contributed by atoms with van der Waals surface area (Å²) in [6.07, 6.45) is 2.55. The van der Waals surface area contributed by atoms with Crippen molar-refractivity contribution in [1.29, 1.82) is 0 Å². The molecule has 0 radical (unpaired) electrons. The van der Waals surface area contributed by atoms with Crippen molar-refractivity contribution in [3.63, 3.8) is 0 Å². The molecule has 1 N–H and O–H groups in total. The minimum Gasteiger partial charge on any atom is -0.385 e. The van der Waals surface area contributed by atoms with Crippen LogP contribution in [-0.4, -0.2) is 55.5 Å². The largest absolute Gasteiger partial charge is 0.385 e. The van der Waals surface area contributed by atoms with E-state index in [4.69, 9.17) is 11.6 Å². The van der Waals surface area contributed by atoms with Crippen LogP contribution in [0.3, 0.4) is 0 Å². The van der Waals surface area contributed by atoms with Gasteiger partial charge in [0, 0.05) is 37.4 Å². The molecule has 1 aliphatic rings. The maximum absolute atomic E-state index is 12.6. The van der Waals surface area contributed by atoms with Crippen molar-refractivity contribution in [1.82, 2.24) is 9.80 Å². The van der Waals surface area contributed by atoms with E-state index in [0.29, 0.717) is 10.6 Å². The highest BCUT2D eigenvalue weighted by Crippen LogP contribution is 2.22. The third-order valence-electron chi connectivity index (χ3n) is 3.88. The highest BCUT2D eigenvalue weighted by atomic mass is 35.5. The van der Waals surface area contributed by atoms with E-state index in [1.54, 1.807) is 17.0 Å². The molecule has 1 heterocycles. The Labute approximate surface area is 132 Å². The Balaban J connectivity index is 2.01. The van der Waals surface area contributed by atoms with Gasteiger partial charge in [-0.2, -0.15) is 0 Å². The number of rotatable bonds is 6. The van der Waals surface area contributed by atoms with Crippen LogP contribution in [0.2, 0.25) is 5.02 Å². The van der Waals surface area contributed by atoms with Crippen molar-refractivity contribution in [2.75, 3.05) is 45.1 Å². The number of carbonyl (C=O) groups excluding carboxylic acids is 1. The Bertz CT molecular complexity index is 486. The van der Waals surface area contributed by atoms with Crippen molar-refractivity contribution < 1.29 is 4.79 Å². The molecule has 2 rings (SSSR count). The van der Waals surface area contributed by atoms with Gasteiger partial charge in [-0.1, -0.05) is 11.6 Å². The zero-order chi connectivity index (χ0) is 15.2. The number of benzene rings is 1. The van der Waals surface area contributed by atoms with Crippen LogP contribution in [0.4, 0.5) is 5.69 Å². The quantitative estimate of drug-likeness (QED) is 0.877. The molecule has 4 nitrogen and oxygen atoms in total. The van der Waals surface area contributed by atoms with Gasteiger partial charge in [-0.15, -0.1) is 0 Å². The Morgan fingerprint density at radius 1 is 1.38 bits per heavy atom. The average Bonchev–Trinajstić information content (AvgIpc) is 2.99. The first-order valence-corrected chi connectivity index (χ1v) is 8.01. The summed E-state index contributed by atoms with van der Waals surface area (Å²) in [5.74, 6) is 0.0210. The molecule has 21 heavy (non-hydrogen) atoms. The lowest BCUT2D eigenvalue weighted by molar-refractivity contribution is 0.0783. The smallest absolute Gasteiger partial charge is 0.255 e. The number of nitrogens with zero attached hydrogens (tertiary/aromatic N) is 2. The summed E-state index contributed by atoms with van der Waals surface area (Å²) in [6, 6.07) is 5.42. The Kier molecular flexibility index (Phi) is 5.88. The topological polar surface area (TPSA) is 35.6 Å². The van der Waals surface area contributed by atoms with Crippen LogP contribution in [0.1, 0.15) is 30.1 Å². The summed E-state index contributed by atoms with van der Waals surface area (Å²) in [6.45, 7) is 6.79. The Hall–Kier alpha value is -1.26. The molecule has 1 aliphatic heterocycles. The van der Waals surface area contributed by atoms with Gasteiger partial charge in [0.05, 0.1) is 5.56 Å². The highest BCUT2D eigenvalue weighted by molar-refractivity contribution is 6.31. The highest BCUT2D eigenvalue weighted by Gasteiger charge is 2.18. The van der Waals surface area contributed by atoms with Gasteiger partial charge in [-0.25, -0.2) is 0 Å². The van der Waals surface area contributed by atoms with Gasteiger partial charge in [0.25, 0.3) is 5.91 Å². The zero-order valence-corrected chi connectivity index (χ0v) is 13.6. The lowest BCUT2D eigenvalue weighted by Gasteiger charge is -2.22. The maximum atomic E-state index is 12.6. The van der Waals surface area contributed by atoms with Crippen molar-refractivity contribution in [3.05, 3.63) is 28.8 Å². The second kappa shape index (κ2) is 7.66. The molecule has 0 spiro atoms. The maximum Gasteiger partial charge on any atom is 0.255 e. The molecule has 0 atom stereocenters. The van der Waals surface area contributed by atoms with E-state index in [1.807, 2.05) is 20.0 Å². The number of anilines is 1. The molecule has 0 saturated carbocycles. The second-order valence-corrected chi connectivity index (χ2v) is 5.93.